The van der Waals surface area contributed by atoms with Crippen molar-refractivity contribution < 1.29 is 29.0 Å². The molecule has 2 aromatic rings. The number of halogens is 1. The first-order valence-electron chi connectivity index (χ1n) is 5.05. The molecule has 0 aliphatic rings. The van der Waals surface area contributed by atoms with Crippen LogP contribution in [0, 0.1) is 3.57 Å². The molecular formula is C11H7IO7S. The van der Waals surface area contributed by atoms with Crippen LogP contribution in [-0.2, 0) is 16.3 Å². The molecule has 0 aliphatic heterocycles. The zero-order valence-corrected chi connectivity index (χ0v) is 12.6. The van der Waals surface area contributed by atoms with E-state index in [1.54, 1.807) is 0 Å². The van der Waals surface area contributed by atoms with E-state index in [2.05, 4.69) is 0 Å². The number of aromatic carboxylic acids is 1. The van der Waals surface area contributed by atoms with Gasteiger partial charge in [0.15, 0.2) is 0 Å². The first kappa shape index (κ1) is 14.8. The second kappa shape index (κ2) is 5.07. The summed E-state index contributed by atoms with van der Waals surface area (Å²) in [4.78, 5) is 10.6. The average Bonchev–Trinajstić information content (AvgIpc) is 2.34. The molecule has 0 saturated heterocycles. The van der Waals surface area contributed by atoms with Crippen molar-refractivity contribution in [1.82, 2.24) is 0 Å². The molecule has 0 atom stereocenters. The van der Waals surface area contributed by atoms with Crippen molar-refractivity contribution in [2.45, 2.75) is 4.90 Å². The van der Waals surface area contributed by atoms with E-state index in [9.17, 15) is 19.4 Å². The largest absolute Gasteiger partial charge is 0.478 e. The smallest absolute Gasteiger partial charge is 0.342 e. The zero-order chi connectivity index (χ0) is 15.1. The Balaban J connectivity index is 3.05. The molecule has 0 radical (unpaired) electrons. The fourth-order valence-electron chi connectivity index (χ4n) is 1.85. The van der Waals surface area contributed by atoms with Gasteiger partial charge in [-0.05, 0) is 12.1 Å². The second-order valence-corrected chi connectivity index (χ2v) is 7.48. The van der Waals surface area contributed by atoms with Crippen LogP contribution in [0.2, 0.25) is 0 Å². The quantitative estimate of drug-likeness (QED) is 0.587. The van der Waals surface area contributed by atoms with Gasteiger partial charge in [0, 0.05) is 10.8 Å². The Labute approximate surface area is 120 Å². The van der Waals surface area contributed by atoms with Crippen molar-refractivity contribution in [2.75, 3.05) is 0 Å². The number of hydrogen-bond donors (Lipinski definition) is 2. The summed E-state index contributed by atoms with van der Waals surface area (Å²) in [5.74, 6) is -1.42. The van der Waals surface area contributed by atoms with E-state index in [1.165, 1.54) is 12.1 Å². The molecule has 20 heavy (non-hydrogen) atoms. The van der Waals surface area contributed by atoms with Gasteiger partial charge in [-0.25, -0.2) is 10.9 Å². The highest BCUT2D eigenvalue weighted by Gasteiger charge is 2.21. The normalized spacial score (nSPS) is 11.9. The van der Waals surface area contributed by atoms with Crippen molar-refractivity contribution >= 4 is 46.7 Å². The lowest BCUT2D eigenvalue weighted by Gasteiger charge is -2.07. The van der Waals surface area contributed by atoms with Gasteiger partial charge in [0.1, 0.15) is 4.90 Å². The Morgan fingerprint density at radius 1 is 1.05 bits per heavy atom. The van der Waals surface area contributed by atoms with Crippen LogP contribution in [-0.4, -0.2) is 24.0 Å². The molecule has 7 nitrogen and oxygen atoms in total. The lowest BCUT2D eigenvalue weighted by atomic mass is 10.1. The van der Waals surface area contributed by atoms with E-state index in [0.717, 1.165) is 18.2 Å². The second-order valence-electron chi connectivity index (χ2n) is 3.78. The van der Waals surface area contributed by atoms with Gasteiger partial charge in [-0.2, -0.15) is 8.42 Å². The molecule has 0 fully saturated rings. The van der Waals surface area contributed by atoms with E-state index in [4.69, 9.17) is 9.66 Å². The van der Waals surface area contributed by atoms with Crippen LogP contribution in [0.25, 0.3) is 10.8 Å². The van der Waals surface area contributed by atoms with E-state index in [0.29, 0.717) is 0 Å². The minimum atomic E-state index is -4.54. The van der Waals surface area contributed by atoms with Gasteiger partial charge in [-0.15, -0.1) is 0 Å². The Morgan fingerprint density at radius 2 is 1.70 bits per heavy atom. The maximum Gasteiger partial charge on any atom is 0.342 e. The third-order valence-corrected chi connectivity index (χ3v) is 5.57. The predicted molar refractivity (Wildman–Crippen MR) is 74.8 cm³/mol. The van der Waals surface area contributed by atoms with Gasteiger partial charge < -0.3 is 5.11 Å². The standard InChI is InChI=1S/C11H7IO7S/c13-11(14)8-5-4-6-7(10(8)12(15)16)2-1-3-9(6)20(17,18)19/h1-5H,(H,13,14)(H,17,18,19). The molecule has 0 bridgehead atoms. The van der Waals surface area contributed by atoms with Crippen LogP contribution in [0.3, 0.4) is 0 Å². The molecule has 0 aliphatic carbocycles. The number of benzene rings is 2. The Kier molecular flexibility index (Phi) is 3.75. The molecule has 0 amide bonds. The minimum absolute atomic E-state index is 0.0322. The van der Waals surface area contributed by atoms with Gasteiger partial charge in [-0.1, -0.05) is 18.2 Å². The Bertz CT molecular complexity index is 888. The molecule has 106 valence electrons. The minimum Gasteiger partial charge on any atom is -0.478 e. The summed E-state index contributed by atoms with van der Waals surface area (Å²) in [6.07, 6.45) is 0. The molecule has 2 N–H and O–H groups in total. The number of carbonyl (C=O) groups is 1. The molecule has 0 heterocycles. The molecule has 0 saturated carbocycles. The van der Waals surface area contributed by atoms with Gasteiger partial charge in [-0.3, -0.25) is 4.55 Å². The third kappa shape index (κ3) is 2.51. The summed E-state index contributed by atoms with van der Waals surface area (Å²) < 4.78 is 53.9. The number of carboxylic acid groups (broad SMARTS) is 1. The van der Waals surface area contributed by atoms with E-state index >= 15 is 0 Å². The maximum atomic E-state index is 11.4. The molecule has 0 aromatic heterocycles. The molecule has 2 rings (SSSR count). The van der Waals surface area contributed by atoms with E-state index in [1.807, 2.05) is 0 Å². The number of rotatable bonds is 3. The Morgan fingerprint density at radius 3 is 2.20 bits per heavy atom. The molecule has 9 heteroatoms. The van der Waals surface area contributed by atoms with Crippen molar-refractivity contribution in [1.29, 1.82) is 0 Å². The topological polar surface area (TPSA) is 126 Å². The van der Waals surface area contributed by atoms with Crippen molar-refractivity contribution in [3.05, 3.63) is 39.5 Å². The van der Waals surface area contributed by atoms with E-state index < -0.39 is 49.9 Å². The highest BCUT2D eigenvalue weighted by atomic mass is 127. The van der Waals surface area contributed by atoms with Crippen molar-refractivity contribution in [2.24, 2.45) is 0 Å². The summed E-state index contributed by atoms with van der Waals surface area (Å²) in [5.41, 5.74) is -0.416. The van der Waals surface area contributed by atoms with Crippen LogP contribution >= 0.6 is 19.8 Å². The maximum absolute atomic E-state index is 11.4. The predicted octanol–water partition coefficient (Wildman–Crippen LogP) is 2.15. The summed E-state index contributed by atoms with van der Waals surface area (Å²) in [7, 11) is -4.54. The van der Waals surface area contributed by atoms with Crippen molar-refractivity contribution in [3.8, 4) is 0 Å². The summed E-state index contributed by atoms with van der Waals surface area (Å²) in [6, 6.07) is 5.81. The van der Waals surface area contributed by atoms with E-state index in [-0.39, 0.29) is 10.8 Å². The monoisotopic (exact) mass is 410 g/mol. The van der Waals surface area contributed by atoms with Gasteiger partial charge in [0.2, 0.25) is 0 Å². The molecule has 2 aromatic carbocycles. The fourth-order valence-corrected chi connectivity index (χ4v) is 4.38. The van der Waals surface area contributed by atoms with Crippen LogP contribution in [0.4, 0.5) is 0 Å². The lowest BCUT2D eigenvalue weighted by Crippen LogP contribution is -2.03. The van der Waals surface area contributed by atoms with Gasteiger partial charge in [0.25, 0.3) is 10.1 Å². The average molecular weight is 410 g/mol. The first-order chi connectivity index (χ1) is 9.23. The fraction of sp³-hybridized carbons (Fsp3) is 0. The summed E-state index contributed by atoms with van der Waals surface area (Å²) >= 11 is -4.19. The van der Waals surface area contributed by atoms with Crippen LogP contribution in [0.1, 0.15) is 10.4 Å². The van der Waals surface area contributed by atoms with Crippen LogP contribution in [0.15, 0.2) is 35.2 Å². The summed E-state index contributed by atoms with van der Waals surface area (Å²) in [6.45, 7) is 0. The van der Waals surface area contributed by atoms with Crippen molar-refractivity contribution in [3.63, 3.8) is 0 Å². The third-order valence-electron chi connectivity index (χ3n) is 2.62. The highest BCUT2D eigenvalue weighted by molar-refractivity contribution is 14.2. The van der Waals surface area contributed by atoms with Crippen LogP contribution < -0.4 is 0 Å². The SMILES string of the molecule is O=C(O)c1ccc2c(S(=O)(=O)O)cccc2c1I(=O)=O. The highest BCUT2D eigenvalue weighted by Crippen LogP contribution is 2.33. The molecule has 0 unspecified atom stereocenters. The van der Waals surface area contributed by atoms with Crippen LogP contribution in [0.5, 0.6) is 0 Å². The number of carboxylic acids is 1. The first-order valence-corrected chi connectivity index (χ1v) is 9.33. The van der Waals surface area contributed by atoms with Gasteiger partial charge in [0.05, 0.1) is 9.13 Å². The Hall–Kier alpha value is -1.59. The zero-order valence-electron chi connectivity index (χ0n) is 9.61. The number of hydrogen-bond acceptors (Lipinski definition) is 5. The summed E-state index contributed by atoms with van der Waals surface area (Å²) in [5, 5.41) is 8.91. The molecule has 0 spiro atoms. The van der Waals surface area contributed by atoms with Gasteiger partial charge >= 0.3 is 25.8 Å². The lowest BCUT2D eigenvalue weighted by molar-refractivity contribution is 0.0696. The molecular weight excluding hydrogens is 403 g/mol. The number of fused-ring (bicyclic) bond motifs is 1.